The average Bonchev–Trinajstić information content (AvgIpc) is 2.81. The molecule has 0 radical (unpaired) electrons. The van der Waals surface area contributed by atoms with Crippen LogP contribution in [0.3, 0.4) is 0 Å². The first-order valence-corrected chi connectivity index (χ1v) is 10.9. The number of amides is 1. The molecule has 7 heteroatoms. The van der Waals surface area contributed by atoms with Crippen molar-refractivity contribution in [2.45, 2.75) is 12.8 Å². The van der Waals surface area contributed by atoms with E-state index < -0.39 is 9.84 Å². The van der Waals surface area contributed by atoms with Crippen molar-refractivity contribution in [2.75, 3.05) is 51.3 Å². The highest BCUT2D eigenvalue weighted by atomic mass is 32.2. The van der Waals surface area contributed by atoms with Crippen LogP contribution in [0.2, 0.25) is 0 Å². The molecule has 6 nitrogen and oxygen atoms in total. The van der Waals surface area contributed by atoms with Gasteiger partial charge in [0.15, 0.2) is 0 Å². The molecule has 0 aromatic heterocycles. The summed E-state index contributed by atoms with van der Waals surface area (Å²) in [7, 11) is -2.94. The summed E-state index contributed by atoms with van der Waals surface area (Å²) in [6.45, 7) is 3.93. The molecular formula is C18H26N2O4S. The van der Waals surface area contributed by atoms with Crippen LogP contribution < -0.4 is 4.74 Å². The lowest BCUT2D eigenvalue weighted by atomic mass is 9.95. The molecule has 1 fully saturated rings. The summed E-state index contributed by atoms with van der Waals surface area (Å²) in [5.41, 5.74) is 1.10. The zero-order valence-corrected chi connectivity index (χ0v) is 15.5. The van der Waals surface area contributed by atoms with Gasteiger partial charge in [0.05, 0.1) is 12.4 Å². The molecular weight excluding hydrogens is 340 g/mol. The molecule has 0 spiro atoms. The molecule has 2 aliphatic rings. The van der Waals surface area contributed by atoms with Gasteiger partial charge >= 0.3 is 0 Å². The van der Waals surface area contributed by atoms with Crippen LogP contribution >= 0.6 is 0 Å². The number of rotatable bonds is 4. The van der Waals surface area contributed by atoms with Crippen molar-refractivity contribution < 1.29 is 17.9 Å². The average molecular weight is 366 g/mol. The quantitative estimate of drug-likeness (QED) is 0.789. The van der Waals surface area contributed by atoms with Crippen molar-refractivity contribution in [1.29, 1.82) is 0 Å². The minimum Gasteiger partial charge on any atom is -0.493 e. The summed E-state index contributed by atoms with van der Waals surface area (Å²) in [6.07, 6.45) is 2.73. The normalized spacial score (nSPS) is 22.0. The molecule has 2 aliphatic heterocycles. The van der Waals surface area contributed by atoms with Crippen LogP contribution in [-0.2, 0) is 21.1 Å². The number of piperazine rings is 1. The Hall–Kier alpha value is -1.60. The highest BCUT2D eigenvalue weighted by molar-refractivity contribution is 7.90. The monoisotopic (exact) mass is 366 g/mol. The van der Waals surface area contributed by atoms with Gasteiger partial charge in [-0.2, -0.15) is 0 Å². The van der Waals surface area contributed by atoms with Crippen molar-refractivity contribution in [2.24, 2.45) is 5.92 Å². The number of hydrogen-bond donors (Lipinski definition) is 0. The van der Waals surface area contributed by atoms with E-state index in [0.717, 1.165) is 37.2 Å². The first-order chi connectivity index (χ1) is 11.9. The Kier molecular flexibility index (Phi) is 5.64. The maximum atomic E-state index is 12.9. The Morgan fingerprint density at radius 2 is 1.92 bits per heavy atom. The zero-order chi connectivity index (χ0) is 17.9. The smallest absolute Gasteiger partial charge is 0.226 e. The molecule has 25 heavy (non-hydrogen) atoms. The van der Waals surface area contributed by atoms with E-state index in [1.54, 1.807) is 0 Å². The lowest BCUT2D eigenvalue weighted by Crippen LogP contribution is -2.51. The number of nitrogens with zero attached hydrogens (tertiary/aromatic N) is 2. The van der Waals surface area contributed by atoms with Gasteiger partial charge in [0.2, 0.25) is 5.91 Å². The van der Waals surface area contributed by atoms with E-state index in [2.05, 4.69) is 4.90 Å². The van der Waals surface area contributed by atoms with Crippen molar-refractivity contribution in [1.82, 2.24) is 9.80 Å². The van der Waals surface area contributed by atoms with Gasteiger partial charge in [-0.25, -0.2) is 8.42 Å². The lowest BCUT2D eigenvalue weighted by Gasteiger charge is -2.36. The van der Waals surface area contributed by atoms with Gasteiger partial charge in [-0.15, -0.1) is 0 Å². The lowest BCUT2D eigenvalue weighted by molar-refractivity contribution is -0.137. The number of hydrogen-bond acceptors (Lipinski definition) is 5. The highest BCUT2D eigenvalue weighted by Crippen LogP contribution is 2.27. The molecule has 0 aliphatic carbocycles. The summed E-state index contributed by atoms with van der Waals surface area (Å²) in [4.78, 5) is 16.9. The number of fused-ring (bicyclic) bond motifs is 1. The van der Waals surface area contributed by atoms with Gasteiger partial charge < -0.3 is 9.64 Å². The molecule has 1 aromatic carbocycles. The summed E-state index contributed by atoms with van der Waals surface area (Å²) >= 11 is 0. The number of sulfone groups is 1. The summed E-state index contributed by atoms with van der Waals surface area (Å²) in [5.74, 6) is 1.23. The van der Waals surface area contributed by atoms with Gasteiger partial charge in [-0.1, -0.05) is 18.2 Å². The van der Waals surface area contributed by atoms with E-state index in [9.17, 15) is 13.2 Å². The van der Waals surface area contributed by atoms with Crippen LogP contribution in [0.25, 0.3) is 0 Å². The van der Waals surface area contributed by atoms with Crippen LogP contribution in [0.5, 0.6) is 5.75 Å². The third kappa shape index (κ3) is 4.95. The summed E-state index contributed by atoms with van der Waals surface area (Å²) in [5, 5.41) is 0. The van der Waals surface area contributed by atoms with Crippen LogP contribution in [0.4, 0.5) is 0 Å². The predicted molar refractivity (Wildman–Crippen MR) is 96.5 cm³/mol. The van der Waals surface area contributed by atoms with Crippen molar-refractivity contribution in [3.63, 3.8) is 0 Å². The maximum Gasteiger partial charge on any atom is 0.226 e. The molecule has 1 aromatic rings. The Morgan fingerprint density at radius 3 is 2.64 bits per heavy atom. The topological polar surface area (TPSA) is 66.9 Å². The van der Waals surface area contributed by atoms with Gasteiger partial charge in [-0.3, -0.25) is 9.69 Å². The fourth-order valence-electron chi connectivity index (χ4n) is 3.45. The Labute approximate surface area is 149 Å². The predicted octanol–water partition coefficient (Wildman–Crippen LogP) is 0.817. The number of carbonyl (C=O) groups is 1. The van der Waals surface area contributed by atoms with E-state index in [4.69, 9.17) is 4.74 Å². The first-order valence-electron chi connectivity index (χ1n) is 8.82. The van der Waals surface area contributed by atoms with Gasteiger partial charge in [0.25, 0.3) is 0 Å². The molecule has 1 amide bonds. The molecule has 2 heterocycles. The Morgan fingerprint density at radius 1 is 1.20 bits per heavy atom. The standard InChI is InChI=1S/C18H26N2O4S/c1-25(22,23)13-11-19-7-9-20(10-8-19)18(21)16-6-12-24-17-5-3-2-4-15(17)14-16/h2-5,16H,6-14H2,1H3/t16-/m1/s1. The largest absolute Gasteiger partial charge is 0.493 e. The number of para-hydroxylation sites is 1. The van der Waals surface area contributed by atoms with Crippen molar-refractivity contribution in [3.05, 3.63) is 29.8 Å². The van der Waals surface area contributed by atoms with Crippen LogP contribution in [0.15, 0.2) is 24.3 Å². The highest BCUT2D eigenvalue weighted by Gasteiger charge is 2.29. The maximum absolute atomic E-state index is 12.9. The van der Waals surface area contributed by atoms with Gasteiger partial charge in [0.1, 0.15) is 15.6 Å². The molecule has 0 saturated carbocycles. The van der Waals surface area contributed by atoms with E-state index in [0.29, 0.717) is 26.2 Å². The van der Waals surface area contributed by atoms with E-state index >= 15 is 0 Å². The number of ether oxygens (including phenoxy) is 1. The molecule has 1 atom stereocenters. The first kappa shape index (κ1) is 18.2. The summed E-state index contributed by atoms with van der Waals surface area (Å²) in [6, 6.07) is 7.93. The second-order valence-electron chi connectivity index (χ2n) is 6.94. The Bertz CT molecular complexity index is 712. The fraction of sp³-hybridized carbons (Fsp3) is 0.611. The second kappa shape index (κ2) is 7.74. The van der Waals surface area contributed by atoms with Gasteiger partial charge in [0, 0.05) is 44.9 Å². The summed E-state index contributed by atoms with van der Waals surface area (Å²) < 4.78 is 28.3. The number of carbonyl (C=O) groups excluding carboxylic acids is 1. The molecule has 0 N–H and O–H groups in total. The van der Waals surface area contributed by atoms with Gasteiger partial charge in [-0.05, 0) is 24.5 Å². The van der Waals surface area contributed by atoms with Crippen LogP contribution in [0, 0.1) is 5.92 Å². The molecule has 3 rings (SSSR count). The van der Waals surface area contributed by atoms with Crippen LogP contribution in [0.1, 0.15) is 12.0 Å². The van der Waals surface area contributed by atoms with E-state index in [1.165, 1.54) is 6.26 Å². The Balaban J connectivity index is 1.54. The number of benzene rings is 1. The van der Waals surface area contributed by atoms with Crippen molar-refractivity contribution >= 4 is 15.7 Å². The third-order valence-electron chi connectivity index (χ3n) is 4.97. The molecule has 0 unspecified atom stereocenters. The van der Waals surface area contributed by atoms with E-state index in [1.807, 2.05) is 29.2 Å². The minimum absolute atomic E-state index is 0.0359. The minimum atomic E-state index is -2.94. The molecule has 1 saturated heterocycles. The van der Waals surface area contributed by atoms with Crippen LogP contribution in [-0.4, -0.2) is 75.5 Å². The molecule has 138 valence electrons. The second-order valence-corrected chi connectivity index (χ2v) is 9.20. The molecule has 0 bridgehead atoms. The zero-order valence-electron chi connectivity index (χ0n) is 14.7. The van der Waals surface area contributed by atoms with Crippen molar-refractivity contribution in [3.8, 4) is 5.75 Å². The fourth-order valence-corrected chi connectivity index (χ4v) is 4.04. The van der Waals surface area contributed by atoms with E-state index in [-0.39, 0.29) is 17.6 Å². The SMILES string of the molecule is CS(=O)(=O)CCN1CCN(C(=O)[C@@H]2CCOc3ccccc3C2)CC1. The third-order valence-corrected chi connectivity index (χ3v) is 5.90.